The van der Waals surface area contributed by atoms with Crippen LogP contribution in [0.3, 0.4) is 0 Å². The topological polar surface area (TPSA) is 111 Å². The number of rotatable bonds is 5. The van der Waals surface area contributed by atoms with Crippen molar-refractivity contribution in [2.24, 2.45) is 5.73 Å². The number of hydrogen-bond donors (Lipinski definition) is 2. The maximum absolute atomic E-state index is 12.4. The molecule has 1 heterocycles. The van der Waals surface area contributed by atoms with Crippen molar-refractivity contribution in [2.75, 3.05) is 0 Å². The van der Waals surface area contributed by atoms with Gasteiger partial charge in [-0.25, -0.2) is 13.1 Å². The zero-order chi connectivity index (χ0) is 17.7. The van der Waals surface area contributed by atoms with Crippen LogP contribution >= 0.6 is 12.4 Å². The Morgan fingerprint density at radius 2 is 1.96 bits per heavy atom. The van der Waals surface area contributed by atoms with Gasteiger partial charge >= 0.3 is 0 Å². The fraction of sp³-hybridized carbons (Fsp3) is 0.529. The number of benzene rings is 1. The molecule has 26 heavy (non-hydrogen) atoms. The standard InChI is InChI=1S/C17H22N4O3S.ClH/c1-11-4-7-13(25(22,23)21-12-5-6-12)10-14(11)15-19-16(20-24-15)17(18)8-2-3-9-17;/h4,7,10,12,21H,2-3,5-6,8-9,18H2,1H3;1H. The highest BCUT2D eigenvalue weighted by Crippen LogP contribution is 2.36. The third-order valence-electron chi connectivity index (χ3n) is 5.02. The van der Waals surface area contributed by atoms with Crippen molar-refractivity contribution in [3.8, 4) is 11.5 Å². The molecule has 2 saturated carbocycles. The molecule has 1 aromatic carbocycles. The van der Waals surface area contributed by atoms with Crippen LogP contribution in [-0.2, 0) is 15.6 Å². The predicted molar refractivity (Wildman–Crippen MR) is 99.4 cm³/mol. The lowest BCUT2D eigenvalue weighted by molar-refractivity contribution is 0.372. The van der Waals surface area contributed by atoms with Gasteiger partial charge in [-0.1, -0.05) is 24.1 Å². The smallest absolute Gasteiger partial charge is 0.258 e. The second-order valence-corrected chi connectivity index (χ2v) is 8.87. The Kier molecular flexibility index (Phi) is 5.13. The van der Waals surface area contributed by atoms with E-state index in [0.29, 0.717) is 17.3 Å². The molecule has 2 aliphatic rings. The molecule has 0 radical (unpaired) electrons. The van der Waals surface area contributed by atoms with E-state index < -0.39 is 15.6 Å². The summed E-state index contributed by atoms with van der Waals surface area (Å²) in [6, 6.07) is 5.01. The van der Waals surface area contributed by atoms with Gasteiger partial charge in [0.2, 0.25) is 10.0 Å². The van der Waals surface area contributed by atoms with Crippen LogP contribution in [0.2, 0.25) is 0 Å². The minimum atomic E-state index is -3.53. The van der Waals surface area contributed by atoms with Crippen molar-refractivity contribution in [1.29, 1.82) is 0 Å². The lowest BCUT2D eigenvalue weighted by Gasteiger charge is -2.17. The number of hydrogen-bond acceptors (Lipinski definition) is 6. The van der Waals surface area contributed by atoms with Crippen molar-refractivity contribution in [3.63, 3.8) is 0 Å². The van der Waals surface area contributed by atoms with Gasteiger partial charge in [0.25, 0.3) is 5.89 Å². The van der Waals surface area contributed by atoms with E-state index in [9.17, 15) is 8.42 Å². The predicted octanol–water partition coefficient (Wildman–Crippen LogP) is 2.64. The van der Waals surface area contributed by atoms with Crippen LogP contribution in [-0.4, -0.2) is 24.6 Å². The molecule has 7 nitrogen and oxygen atoms in total. The van der Waals surface area contributed by atoms with Crippen LogP contribution in [0.5, 0.6) is 0 Å². The van der Waals surface area contributed by atoms with Gasteiger partial charge in [-0.2, -0.15) is 4.98 Å². The Morgan fingerprint density at radius 1 is 1.27 bits per heavy atom. The summed E-state index contributed by atoms with van der Waals surface area (Å²) in [6.07, 6.45) is 5.57. The monoisotopic (exact) mass is 398 g/mol. The number of halogens is 1. The molecule has 0 saturated heterocycles. The van der Waals surface area contributed by atoms with Crippen molar-refractivity contribution in [2.45, 2.75) is 61.9 Å². The number of aryl methyl sites for hydroxylation is 1. The summed E-state index contributed by atoms with van der Waals surface area (Å²) >= 11 is 0. The Bertz CT molecular complexity index is 902. The molecule has 142 valence electrons. The minimum absolute atomic E-state index is 0. The maximum atomic E-state index is 12.4. The largest absolute Gasteiger partial charge is 0.334 e. The SMILES string of the molecule is Cc1ccc(S(=O)(=O)NC2CC2)cc1-c1nc(C2(N)CCCC2)no1.Cl. The van der Waals surface area contributed by atoms with Gasteiger partial charge in [0.15, 0.2) is 5.82 Å². The molecule has 0 aliphatic heterocycles. The molecule has 2 aliphatic carbocycles. The summed E-state index contributed by atoms with van der Waals surface area (Å²) in [5.41, 5.74) is 7.34. The van der Waals surface area contributed by atoms with Gasteiger partial charge in [0.1, 0.15) is 0 Å². The van der Waals surface area contributed by atoms with Crippen LogP contribution in [0, 0.1) is 6.92 Å². The number of aromatic nitrogens is 2. The summed E-state index contributed by atoms with van der Waals surface area (Å²) in [4.78, 5) is 4.68. The molecular weight excluding hydrogens is 376 g/mol. The summed E-state index contributed by atoms with van der Waals surface area (Å²) in [7, 11) is -3.53. The van der Waals surface area contributed by atoms with E-state index in [0.717, 1.165) is 44.1 Å². The van der Waals surface area contributed by atoms with E-state index in [4.69, 9.17) is 10.3 Å². The van der Waals surface area contributed by atoms with Gasteiger partial charge < -0.3 is 10.3 Å². The highest BCUT2D eigenvalue weighted by Gasteiger charge is 2.36. The molecular formula is C17H23ClN4O3S. The van der Waals surface area contributed by atoms with Crippen LogP contribution in [0.1, 0.15) is 49.9 Å². The highest BCUT2D eigenvalue weighted by molar-refractivity contribution is 7.89. The average Bonchev–Trinajstić information content (AvgIpc) is 3.06. The summed E-state index contributed by atoms with van der Waals surface area (Å²) in [6.45, 7) is 1.89. The quantitative estimate of drug-likeness (QED) is 0.800. The normalized spacial score (nSPS) is 19.3. The number of nitrogens with zero attached hydrogens (tertiary/aromatic N) is 2. The van der Waals surface area contributed by atoms with E-state index in [-0.39, 0.29) is 23.3 Å². The second kappa shape index (κ2) is 6.92. The zero-order valence-electron chi connectivity index (χ0n) is 14.6. The van der Waals surface area contributed by atoms with Crippen LogP contribution in [0.15, 0.2) is 27.6 Å². The lowest BCUT2D eigenvalue weighted by atomic mass is 9.98. The number of sulfonamides is 1. The summed E-state index contributed by atoms with van der Waals surface area (Å²) in [5.74, 6) is 0.816. The van der Waals surface area contributed by atoms with E-state index in [1.807, 2.05) is 6.92 Å². The van der Waals surface area contributed by atoms with Gasteiger partial charge in [-0.05, 0) is 50.3 Å². The molecule has 0 bridgehead atoms. The zero-order valence-corrected chi connectivity index (χ0v) is 16.2. The van der Waals surface area contributed by atoms with E-state index in [2.05, 4.69) is 14.9 Å². The first-order valence-electron chi connectivity index (χ1n) is 8.64. The van der Waals surface area contributed by atoms with Gasteiger partial charge in [-0.3, -0.25) is 0 Å². The summed E-state index contributed by atoms with van der Waals surface area (Å²) in [5, 5.41) is 4.06. The Balaban J connectivity index is 0.00000196. The maximum Gasteiger partial charge on any atom is 0.258 e. The molecule has 0 atom stereocenters. The van der Waals surface area contributed by atoms with Crippen molar-refractivity contribution >= 4 is 22.4 Å². The molecule has 9 heteroatoms. The molecule has 2 aromatic rings. The molecule has 0 amide bonds. The van der Waals surface area contributed by atoms with E-state index in [1.165, 1.54) is 0 Å². The second-order valence-electron chi connectivity index (χ2n) is 7.16. The molecule has 0 unspecified atom stereocenters. The number of nitrogens with two attached hydrogens (primary N) is 1. The van der Waals surface area contributed by atoms with Gasteiger partial charge in [-0.15, -0.1) is 12.4 Å². The molecule has 3 N–H and O–H groups in total. The van der Waals surface area contributed by atoms with Crippen LogP contribution < -0.4 is 10.5 Å². The third kappa shape index (κ3) is 3.64. The molecule has 1 aromatic heterocycles. The van der Waals surface area contributed by atoms with Gasteiger partial charge in [0.05, 0.1) is 10.4 Å². The fourth-order valence-corrected chi connectivity index (χ4v) is 4.58. The van der Waals surface area contributed by atoms with Crippen molar-refractivity contribution in [1.82, 2.24) is 14.9 Å². The fourth-order valence-electron chi connectivity index (χ4n) is 3.25. The minimum Gasteiger partial charge on any atom is -0.334 e. The highest BCUT2D eigenvalue weighted by atomic mass is 35.5. The first-order chi connectivity index (χ1) is 11.9. The molecule has 0 spiro atoms. The molecule has 2 fully saturated rings. The first-order valence-corrected chi connectivity index (χ1v) is 10.1. The van der Waals surface area contributed by atoms with Crippen LogP contribution in [0.25, 0.3) is 11.5 Å². The first kappa shape index (κ1) is 19.3. The average molecular weight is 399 g/mol. The summed E-state index contributed by atoms with van der Waals surface area (Å²) < 4.78 is 33.0. The van der Waals surface area contributed by atoms with Crippen molar-refractivity contribution < 1.29 is 12.9 Å². The van der Waals surface area contributed by atoms with E-state index >= 15 is 0 Å². The Labute approximate surface area is 159 Å². The Hall–Kier alpha value is -1.48. The Morgan fingerprint density at radius 3 is 2.62 bits per heavy atom. The third-order valence-corrected chi connectivity index (χ3v) is 6.53. The van der Waals surface area contributed by atoms with Crippen LogP contribution in [0.4, 0.5) is 0 Å². The van der Waals surface area contributed by atoms with Gasteiger partial charge in [0, 0.05) is 11.6 Å². The number of nitrogens with one attached hydrogen (secondary N) is 1. The molecule has 4 rings (SSSR count). The van der Waals surface area contributed by atoms with Crippen molar-refractivity contribution in [3.05, 3.63) is 29.6 Å². The lowest BCUT2D eigenvalue weighted by Crippen LogP contribution is -2.34. The van der Waals surface area contributed by atoms with E-state index in [1.54, 1.807) is 18.2 Å².